The molecule has 0 saturated heterocycles. The first kappa shape index (κ1) is 26.5. The Hall–Kier alpha value is -4.15. The molecule has 6 N–H and O–H groups in total. The molecule has 0 aliphatic heterocycles. The minimum atomic E-state index is -2.67. The number of aromatic hydroxyl groups is 1. The molecule has 2 aromatic carbocycles. The van der Waals surface area contributed by atoms with E-state index in [0.717, 1.165) is 0 Å². The van der Waals surface area contributed by atoms with Crippen molar-refractivity contribution in [1.82, 2.24) is 4.90 Å². The Labute approximate surface area is 224 Å². The predicted octanol–water partition coefficient (Wildman–Crippen LogP) is 2.20. The highest BCUT2D eigenvalue weighted by Gasteiger charge is 2.64. The second-order valence-corrected chi connectivity index (χ2v) is 10.6. The fraction of sp³-hybridized carbons (Fsp3) is 0.345. The maximum absolute atomic E-state index is 14.0. The molecular weight excluding hydrogens is 504 g/mol. The maximum atomic E-state index is 14.0. The van der Waals surface area contributed by atoms with E-state index in [1.165, 1.54) is 12.0 Å². The van der Waals surface area contributed by atoms with Gasteiger partial charge in [0.05, 0.1) is 18.7 Å². The van der Waals surface area contributed by atoms with E-state index in [2.05, 4.69) is 0 Å². The number of ketones is 2. The predicted molar refractivity (Wildman–Crippen MR) is 141 cm³/mol. The van der Waals surface area contributed by atoms with Gasteiger partial charge in [-0.25, -0.2) is 0 Å². The van der Waals surface area contributed by atoms with Crippen LogP contribution in [0.5, 0.6) is 11.5 Å². The van der Waals surface area contributed by atoms with Gasteiger partial charge in [-0.2, -0.15) is 0 Å². The van der Waals surface area contributed by atoms with E-state index in [1.807, 2.05) is 6.92 Å². The molecule has 3 aliphatic rings. The Morgan fingerprint density at radius 3 is 2.28 bits per heavy atom. The summed E-state index contributed by atoms with van der Waals surface area (Å²) >= 11 is 0. The number of benzene rings is 2. The van der Waals surface area contributed by atoms with E-state index in [1.54, 1.807) is 50.5 Å². The molecule has 0 aromatic heterocycles. The summed E-state index contributed by atoms with van der Waals surface area (Å²) in [6.07, 6.45) is 0.0356. The van der Waals surface area contributed by atoms with Crippen LogP contribution in [0.2, 0.25) is 0 Å². The lowest BCUT2D eigenvalue weighted by molar-refractivity contribution is -0.154. The van der Waals surface area contributed by atoms with Crippen molar-refractivity contribution >= 4 is 23.2 Å². The average molecular weight is 535 g/mol. The number of rotatable bonds is 4. The fourth-order valence-corrected chi connectivity index (χ4v) is 6.54. The van der Waals surface area contributed by atoms with Crippen molar-refractivity contribution in [3.63, 3.8) is 0 Å². The number of phenolic OH excluding ortho intramolecular Hbond substituents is 1. The molecule has 0 radical (unpaired) electrons. The van der Waals surface area contributed by atoms with Crippen molar-refractivity contribution in [2.75, 3.05) is 21.2 Å². The van der Waals surface area contributed by atoms with Gasteiger partial charge in [0.25, 0.3) is 5.91 Å². The summed E-state index contributed by atoms with van der Waals surface area (Å²) in [5.41, 5.74) is 3.36. The largest absolute Gasteiger partial charge is 0.508 e. The highest BCUT2D eigenvalue weighted by molar-refractivity contribution is 6.24. The van der Waals surface area contributed by atoms with Crippen molar-refractivity contribution in [1.29, 1.82) is 0 Å². The summed E-state index contributed by atoms with van der Waals surface area (Å²) in [6.45, 7) is 1.83. The molecule has 1 saturated carbocycles. The topological polar surface area (TPSA) is 171 Å². The van der Waals surface area contributed by atoms with E-state index in [-0.39, 0.29) is 23.3 Å². The molecule has 5 atom stereocenters. The Morgan fingerprint density at radius 2 is 1.72 bits per heavy atom. The first-order valence-corrected chi connectivity index (χ1v) is 12.5. The van der Waals surface area contributed by atoms with Gasteiger partial charge in [-0.15, -0.1) is 0 Å². The molecular formula is C29H30N2O8. The number of hydrogen-bond donors (Lipinski definition) is 5. The monoisotopic (exact) mass is 534 g/mol. The number of Topliss-reactive ketones (excluding diaryl/α,β-unsaturated/α-hetero) is 2. The molecule has 0 heterocycles. The third-order valence-electron chi connectivity index (χ3n) is 8.50. The highest BCUT2D eigenvalue weighted by atomic mass is 16.5. The molecule has 39 heavy (non-hydrogen) atoms. The molecule has 10 nitrogen and oxygen atoms in total. The zero-order chi connectivity index (χ0) is 28.5. The summed E-state index contributed by atoms with van der Waals surface area (Å²) in [4.78, 5) is 40.8. The smallest absolute Gasteiger partial charge is 0.255 e. The molecule has 0 spiro atoms. The third-order valence-corrected chi connectivity index (χ3v) is 8.50. The van der Waals surface area contributed by atoms with Crippen molar-refractivity contribution in [2.24, 2.45) is 17.6 Å². The number of nitrogens with zero attached hydrogens (tertiary/aromatic N) is 1. The van der Waals surface area contributed by atoms with E-state index < -0.39 is 64.0 Å². The van der Waals surface area contributed by atoms with Gasteiger partial charge in [-0.05, 0) is 55.6 Å². The number of hydrogen-bond acceptors (Lipinski definition) is 9. The lowest BCUT2D eigenvalue weighted by atomic mass is 9.55. The Kier molecular flexibility index (Phi) is 6.08. The number of nitrogens with two attached hydrogens (primary N) is 1. The molecule has 204 valence electrons. The zero-order valence-corrected chi connectivity index (χ0v) is 21.9. The van der Waals surface area contributed by atoms with Gasteiger partial charge in [0.2, 0.25) is 5.78 Å². The first-order valence-electron chi connectivity index (χ1n) is 12.5. The van der Waals surface area contributed by atoms with Crippen LogP contribution < -0.4 is 10.5 Å². The minimum absolute atomic E-state index is 0.0356. The molecule has 10 heteroatoms. The molecule has 1 fully saturated rings. The van der Waals surface area contributed by atoms with Gasteiger partial charge in [0, 0.05) is 17.1 Å². The number of carbonyl (C=O) groups is 3. The number of aliphatic hydroxyl groups excluding tert-OH is 2. The summed E-state index contributed by atoms with van der Waals surface area (Å²) in [5, 5.41) is 45.5. The fourth-order valence-electron chi connectivity index (χ4n) is 6.54. The number of fused-ring (bicyclic) bond motifs is 3. The van der Waals surface area contributed by atoms with Crippen LogP contribution in [0.4, 0.5) is 0 Å². The second kappa shape index (κ2) is 8.96. The average Bonchev–Trinajstić information content (AvgIpc) is 2.88. The maximum Gasteiger partial charge on any atom is 0.255 e. The van der Waals surface area contributed by atoms with E-state index in [0.29, 0.717) is 22.4 Å². The van der Waals surface area contributed by atoms with Gasteiger partial charge >= 0.3 is 0 Å². The number of amides is 1. The number of phenols is 1. The summed E-state index contributed by atoms with van der Waals surface area (Å²) in [5.74, 6) is -6.52. The lowest BCUT2D eigenvalue weighted by Crippen LogP contribution is -2.65. The van der Waals surface area contributed by atoms with Crippen LogP contribution in [0, 0.1) is 11.8 Å². The third kappa shape index (κ3) is 3.51. The Bertz CT molecular complexity index is 1490. The van der Waals surface area contributed by atoms with Crippen molar-refractivity contribution in [2.45, 2.75) is 30.9 Å². The van der Waals surface area contributed by atoms with Crippen LogP contribution in [0.3, 0.4) is 0 Å². The van der Waals surface area contributed by atoms with Crippen LogP contribution in [0.25, 0.3) is 16.9 Å². The van der Waals surface area contributed by atoms with E-state index in [4.69, 9.17) is 10.5 Å². The minimum Gasteiger partial charge on any atom is -0.508 e. The molecule has 5 rings (SSSR count). The van der Waals surface area contributed by atoms with Crippen molar-refractivity contribution in [3.8, 4) is 22.6 Å². The number of likely N-dealkylation sites (N-methyl/N-ethyl adjacent to an activating group) is 1. The van der Waals surface area contributed by atoms with Crippen molar-refractivity contribution in [3.05, 3.63) is 64.4 Å². The SMILES string of the molecule is COc1ccc(-c2ccc3c(c2O)C(O)=C2C(=O)[C@]4(O)C(O)=C(C(N)=O)C(=O)[C@@H](N(C)C)[C@@H]4C[C@@H]2[C@H]3C)cc1. The molecule has 2 aromatic rings. The quantitative estimate of drug-likeness (QED) is 0.369. The summed E-state index contributed by atoms with van der Waals surface area (Å²) in [6, 6.07) is 9.31. The molecule has 0 unspecified atom stereocenters. The lowest BCUT2D eigenvalue weighted by Gasteiger charge is -2.51. The molecule has 1 amide bonds. The first-order chi connectivity index (χ1) is 18.4. The van der Waals surface area contributed by atoms with Crippen molar-refractivity contribution < 1.29 is 39.5 Å². The van der Waals surface area contributed by atoms with Crippen LogP contribution in [-0.4, -0.2) is 75.6 Å². The van der Waals surface area contributed by atoms with Gasteiger partial charge in [-0.3, -0.25) is 19.3 Å². The van der Waals surface area contributed by atoms with Crippen LogP contribution in [0.1, 0.15) is 30.4 Å². The number of aliphatic hydroxyl groups is 3. The van der Waals surface area contributed by atoms with E-state index in [9.17, 15) is 34.8 Å². The van der Waals surface area contributed by atoms with Crippen LogP contribution >= 0.6 is 0 Å². The number of primary amides is 1. The van der Waals surface area contributed by atoms with Crippen LogP contribution in [-0.2, 0) is 14.4 Å². The molecule has 3 aliphatic carbocycles. The number of carbonyl (C=O) groups excluding carboxylic acids is 3. The van der Waals surface area contributed by atoms with E-state index >= 15 is 0 Å². The van der Waals surface area contributed by atoms with Gasteiger partial charge in [0.15, 0.2) is 11.4 Å². The highest BCUT2D eigenvalue weighted by Crippen LogP contribution is 2.56. The Balaban J connectivity index is 1.72. The zero-order valence-electron chi connectivity index (χ0n) is 21.9. The summed E-state index contributed by atoms with van der Waals surface area (Å²) in [7, 11) is 4.67. The number of ether oxygens (including phenoxy) is 1. The Morgan fingerprint density at radius 1 is 1.08 bits per heavy atom. The van der Waals surface area contributed by atoms with Gasteiger partial charge < -0.3 is 30.9 Å². The normalized spacial score (nSPS) is 28.3. The number of methoxy groups -OCH3 is 1. The van der Waals surface area contributed by atoms with Gasteiger partial charge in [0.1, 0.15) is 28.6 Å². The van der Waals surface area contributed by atoms with Crippen LogP contribution in [0.15, 0.2) is 53.3 Å². The second-order valence-electron chi connectivity index (χ2n) is 10.6. The molecule has 0 bridgehead atoms. The standard InChI is InChI=1S/C29H30N2O8/c1-12-15-9-10-16(13-5-7-14(39-4)8-6-13)23(32)19(15)24(33)20-17(12)11-18-22(31(2)3)25(34)21(28(30)37)27(36)29(18,38)26(20)35/h5-10,12,17-18,22,32-33,36,38H,11H2,1-4H3,(H2,30,37)/t12-,17+,18-,22-,29-/m0/s1. The summed E-state index contributed by atoms with van der Waals surface area (Å²) < 4.78 is 5.19. The van der Waals surface area contributed by atoms with Gasteiger partial charge in [-0.1, -0.05) is 31.2 Å².